The van der Waals surface area contributed by atoms with Crippen LogP contribution in [-0.2, 0) is 5.41 Å². The molecule has 185 valence electrons. The zero-order valence-electron chi connectivity index (χ0n) is 22.5. The van der Waals surface area contributed by atoms with E-state index in [4.69, 9.17) is 0 Å². The van der Waals surface area contributed by atoms with Crippen molar-refractivity contribution < 1.29 is 0 Å². The Balaban J connectivity index is 1.44. The zero-order valence-corrected chi connectivity index (χ0v) is 25.5. The molecule has 0 bridgehead atoms. The molecule has 4 aromatic rings. The van der Waals surface area contributed by atoms with Gasteiger partial charge in [0.2, 0.25) is 0 Å². The van der Waals surface area contributed by atoms with E-state index < -0.39 is 8.80 Å². The molecule has 7 rings (SSSR count). The quantitative estimate of drug-likeness (QED) is 0.231. The van der Waals surface area contributed by atoms with Crippen molar-refractivity contribution in [2.75, 3.05) is 0 Å². The molecule has 3 aliphatic rings. The van der Waals surface area contributed by atoms with Crippen LogP contribution in [0.15, 0.2) is 143 Å². The highest BCUT2D eigenvalue weighted by molar-refractivity contribution is 6.79. The van der Waals surface area contributed by atoms with Gasteiger partial charge in [-0.3, -0.25) is 0 Å². The van der Waals surface area contributed by atoms with Crippen molar-refractivity contribution in [1.29, 1.82) is 0 Å². The summed E-state index contributed by atoms with van der Waals surface area (Å²) < 4.78 is 0. The van der Waals surface area contributed by atoms with Gasteiger partial charge in [-0.25, -0.2) is 0 Å². The van der Waals surface area contributed by atoms with Gasteiger partial charge in [-0.15, -0.1) is 0 Å². The van der Waals surface area contributed by atoms with Gasteiger partial charge >= 0.3 is 0 Å². The summed E-state index contributed by atoms with van der Waals surface area (Å²) >= 11 is 0. The van der Waals surface area contributed by atoms with E-state index in [1.165, 1.54) is 54.5 Å². The van der Waals surface area contributed by atoms with E-state index in [1.54, 1.807) is 10.4 Å². The fourth-order valence-corrected chi connectivity index (χ4v) is 10.5. The van der Waals surface area contributed by atoms with Crippen LogP contribution in [0.3, 0.4) is 0 Å². The summed E-state index contributed by atoms with van der Waals surface area (Å²) in [5, 5.41) is 7.62. The summed E-state index contributed by atoms with van der Waals surface area (Å²) in [6, 6.07) is 40.9. The number of hydrogen-bond acceptors (Lipinski definition) is 0. The third kappa shape index (κ3) is 3.91. The Hall–Kier alpha value is -3.51. The van der Waals surface area contributed by atoms with Gasteiger partial charge in [0.25, 0.3) is 0 Å². The molecular formula is C36H29Si3. The number of allylic oxidation sites excluding steroid dienone is 6. The van der Waals surface area contributed by atoms with Gasteiger partial charge in [-0.05, 0) is 40.3 Å². The van der Waals surface area contributed by atoms with Crippen LogP contribution in [0, 0.1) is 6.92 Å². The van der Waals surface area contributed by atoms with Crippen molar-refractivity contribution in [2.24, 2.45) is 0 Å². The summed E-state index contributed by atoms with van der Waals surface area (Å²) in [6.45, 7) is 6.97. The van der Waals surface area contributed by atoms with Crippen molar-refractivity contribution in [1.82, 2.24) is 0 Å². The second kappa shape index (κ2) is 9.60. The van der Waals surface area contributed by atoms with Crippen molar-refractivity contribution in [2.45, 2.75) is 25.4 Å². The van der Waals surface area contributed by atoms with Crippen molar-refractivity contribution in [3.8, 4) is 0 Å². The second-order valence-electron chi connectivity index (χ2n) is 10.9. The highest BCUT2D eigenvalue weighted by Gasteiger charge is 2.51. The highest BCUT2D eigenvalue weighted by Crippen LogP contribution is 2.59. The molecule has 0 saturated heterocycles. The molecule has 0 nitrogen and oxygen atoms in total. The molecule has 39 heavy (non-hydrogen) atoms. The Labute approximate surface area is 238 Å². The van der Waals surface area contributed by atoms with Crippen LogP contribution in [0.4, 0.5) is 0 Å². The molecule has 0 aromatic heterocycles. The average Bonchev–Trinajstić information content (AvgIpc) is 3.66. The maximum atomic E-state index is 2.56. The Morgan fingerprint density at radius 1 is 0.564 bits per heavy atom. The van der Waals surface area contributed by atoms with Crippen LogP contribution < -0.4 is 5.19 Å². The fraction of sp³-hybridized carbons (Fsp3) is 0.111. The average molecular weight is 546 g/mol. The first-order valence-electron chi connectivity index (χ1n) is 13.6. The van der Waals surface area contributed by atoms with Crippen LogP contribution in [-0.4, -0.2) is 27.8 Å². The molecule has 5 radical (unpaired) electrons. The van der Waals surface area contributed by atoms with Gasteiger partial charge in [0.1, 0.15) is 19.0 Å². The van der Waals surface area contributed by atoms with Crippen LogP contribution in [0.5, 0.6) is 0 Å². The molecule has 0 saturated carbocycles. The van der Waals surface area contributed by atoms with E-state index in [0.29, 0.717) is 19.0 Å². The van der Waals surface area contributed by atoms with Gasteiger partial charge < -0.3 is 0 Å². The first-order valence-corrected chi connectivity index (χ1v) is 18.1. The summed E-state index contributed by atoms with van der Waals surface area (Å²) in [6.07, 6.45) is 5.11. The molecular weight excluding hydrogens is 517 g/mol. The van der Waals surface area contributed by atoms with Gasteiger partial charge in [-0.1, -0.05) is 166 Å². The Morgan fingerprint density at radius 3 is 1.59 bits per heavy atom. The van der Waals surface area contributed by atoms with Crippen molar-refractivity contribution in [3.05, 3.63) is 171 Å². The molecule has 1 aliphatic carbocycles. The number of rotatable bonds is 5. The fourth-order valence-electron chi connectivity index (χ4n) is 6.33. The number of aryl methyl sites for hydroxylation is 1. The summed E-state index contributed by atoms with van der Waals surface area (Å²) in [5.41, 5.74) is 9.51. The van der Waals surface area contributed by atoms with Gasteiger partial charge in [-0.2, -0.15) is 0 Å². The van der Waals surface area contributed by atoms with Crippen molar-refractivity contribution >= 4 is 43.4 Å². The maximum Gasteiger partial charge on any atom is 0.122 e. The lowest BCUT2D eigenvalue weighted by atomic mass is 9.66. The van der Waals surface area contributed by atoms with Gasteiger partial charge in [0, 0.05) is 0 Å². The molecule has 0 fully saturated rings. The SMILES string of the molecule is Cc1cccc(C2=CC3=C([Si]2)C2=C(C=C(c4cccc([Si](C)C)c4)[Si]2)C3(c2ccccc2)c2ccccc2)c1. The largest absolute Gasteiger partial charge is 0.122 e. The lowest BCUT2D eigenvalue weighted by Gasteiger charge is -2.35. The van der Waals surface area contributed by atoms with E-state index in [1.807, 2.05) is 0 Å². The molecule has 4 aromatic carbocycles. The Bertz CT molecular complexity index is 1680. The van der Waals surface area contributed by atoms with Crippen LogP contribution in [0.1, 0.15) is 27.8 Å². The molecule has 2 aliphatic heterocycles. The summed E-state index contributed by atoms with van der Waals surface area (Å²) in [7, 11) is 0.865. The highest BCUT2D eigenvalue weighted by atomic mass is 28.3. The standard InChI is InChI=1S/C36H29Si3/c1-24-12-10-13-25(20-24)32-22-30-34(37-32)35-31(23-33(38-35)26-14-11-19-29(21-26)39(2)3)36(30,27-15-6-4-7-16-27)28-17-8-5-9-18-28/h4-23H,1-3H3. The molecule has 0 atom stereocenters. The monoisotopic (exact) mass is 545 g/mol. The summed E-state index contributed by atoms with van der Waals surface area (Å²) in [4.78, 5) is 0. The lowest BCUT2D eigenvalue weighted by molar-refractivity contribution is 0.759. The molecule has 0 unspecified atom stereocenters. The molecule has 0 spiro atoms. The number of benzene rings is 4. The normalized spacial score (nSPS) is 17.4. The van der Waals surface area contributed by atoms with E-state index in [-0.39, 0.29) is 5.41 Å². The lowest BCUT2D eigenvalue weighted by Crippen LogP contribution is -2.29. The van der Waals surface area contributed by atoms with E-state index >= 15 is 0 Å². The molecule has 2 heterocycles. The van der Waals surface area contributed by atoms with Gasteiger partial charge in [0.15, 0.2) is 0 Å². The van der Waals surface area contributed by atoms with Crippen LogP contribution >= 0.6 is 0 Å². The molecule has 0 N–H and O–H groups in total. The minimum Gasteiger partial charge on any atom is -0.0671 e. The Kier molecular flexibility index (Phi) is 6.04. The predicted octanol–water partition coefficient (Wildman–Crippen LogP) is 7.28. The first kappa shape index (κ1) is 24.5. The minimum atomic E-state index is -0.498. The zero-order chi connectivity index (χ0) is 26.6. The third-order valence-electron chi connectivity index (χ3n) is 8.19. The van der Waals surface area contributed by atoms with Crippen molar-refractivity contribution in [3.63, 3.8) is 0 Å². The minimum absolute atomic E-state index is 0.289. The molecule has 3 heteroatoms. The van der Waals surface area contributed by atoms with Crippen LogP contribution in [0.25, 0.3) is 10.4 Å². The number of hydrogen-bond donors (Lipinski definition) is 0. The first-order chi connectivity index (χ1) is 19.1. The van der Waals surface area contributed by atoms with E-state index in [9.17, 15) is 0 Å². The smallest absolute Gasteiger partial charge is 0.0671 e. The predicted molar refractivity (Wildman–Crippen MR) is 170 cm³/mol. The number of fused-ring (bicyclic) bond motifs is 1. The maximum absolute atomic E-state index is 2.56. The van der Waals surface area contributed by atoms with Gasteiger partial charge in [0.05, 0.1) is 14.2 Å². The second-order valence-corrected chi connectivity index (χ2v) is 16.0. The third-order valence-corrected chi connectivity index (χ3v) is 12.8. The Morgan fingerprint density at radius 2 is 1.08 bits per heavy atom. The molecule has 0 amide bonds. The summed E-state index contributed by atoms with van der Waals surface area (Å²) in [5.74, 6) is 0. The van der Waals surface area contributed by atoms with E-state index in [0.717, 1.165) is 0 Å². The van der Waals surface area contributed by atoms with Crippen LogP contribution in [0.2, 0.25) is 13.1 Å². The topological polar surface area (TPSA) is 0 Å². The van der Waals surface area contributed by atoms with E-state index in [2.05, 4.69) is 141 Å².